The average molecular weight is 208 g/mol. The molecule has 0 unspecified atom stereocenters. The maximum atomic E-state index is 10.1. The topological polar surface area (TPSA) is 58.9 Å². The molecule has 0 radical (unpaired) electrons. The fourth-order valence-electron chi connectivity index (χ4n) is 2.14. The van der Waals surface area contributed by atoms with Crippen molar-refractivity contribution >= 4 is 12.2 Å². The lowest BCUT2D eigenvalue weighted by Crippen LogP contribution is -2.17. The fraction of sp³-hybridized carbons (Fsp3) is 0.818. The van der Waals surface area contributed by atoms with Crippen molar-refractivity contribution in [1.82, 2.24) is 0 Å². The second-order valence-electron chi connectivity index (χ2n) is 4.01. The van der Waals surface area contributed by atoms with E-state index in [-0.39, 0.29) is 6.04 Å². The van der Waals surface area contributed by atoms with E-state index in [0.29, 0.717) is 12.5 Å². The van der Waals surface area contributed by atoms with Crippen LogP contribution in [-0.2, 0) is 9.59 Å². The molecule has 0 aromatic carbocycles. The van der Waals surface area contributed by atoms with E-state index >= 15 is 0 Å². The molecule has 0 aliphatic heterocycles. The second kappa shape index (κ2) is 7.10. The molecule has 15 heavy (non-hydrogen) atoms. The summed E-state index contributed by atoms with van der Waals surface area (Å²) in [7, 11) is 0. The maximum absolute atomic E-state index is 10.1. The maximum Gasteiger partial charge on any atom is 0.235 e. The summed E-state index contributed by atoms with van der Waals surface area (Å²) in [4.78, 5) is 27.2. The molecule has 0 heterocycles. The highest BCUT2D eigenvalue weighted by Gasteiger charge is 2.19. The van der Waals surface area contributed by atoms with Crippen molar-refractivity contribution in [3.63, 3.8) is 0 Å². The Morgan fingerprint density at radius 3 is 2.40 bits per heavy atom. The third-order valence-electron chi connectivity index (χ3n) is 3.00. The first-order valence-electron chi connectivity index (χ1n) is 5.47. The Hall–Kier alpha value is -1.24. The van der Waals surface area contributed by atoms with Crippen LogP contribution in [0.5, 0.6) is 0 Å². The summed E-state index contributed by atoms with van der Waals surface area (Å²) in [6, 6.07) is 0.201. The summed E-state index contributed by atoms with van der Waals surface area (Å²) in [5, 5.41) is 0. The van der Waals surface area contributed by atoms with Crippen LogP contribution in [0.3, 0.4) is 0 Å². The predicted octanol–water partition coefficient (Wildman–Crippen LogP) is 2.00. The number of nitrogens with zero attached hydrogens (tertiary/aromatic N) is 2. The van der Waals surface area contributed by atoms with Crippen LogP contribution in [0.15, 0.2) is 9.98 Å². The molecule has 0 amide bonds. The van der Waals surface area contributed by atoms with Gasteiger partial charge in [0.25, 0.3) is 0 Å². The molecule has 0 bridgehead atoms. The number of aliphatic imine (C=N–C) groups is 2. The summed E-state index contributed by atoms with van der Waals surface area (Å²) in [5.74, 6) is 0.713. The van der Waals surface area contributed by atoms with Gasteiger partial charge in [-0.05, 0) is 44.4 Å². The van der Waals surface area contributed by atoms with Gasteiger partial charge in [-0.15, -0.1) is 0 Å². The average Bonchev–Trinajstić information content (AvgIpc) is 2.27. The molecular weight excluding hydrogens is 192 g/mol. The van der Waals surface area contributed by atoms with E-state index in [2.05, 4.69) is 9.98 Å². The van der Waals surface area contributed by atoms with E-state index in [4.69, 9.17) is 0 Å². The lowest BCUT2D eigenvalue weighted by atomic mass is 9.84. The Morgan fingerprint density at radius 2 is 1.80 bits per heavy atom. The van der Waals surface area contributed by atoms with Gasteiger partial charge in [-0.2, -0.15) is 0 Å². The summed E-state index contributed by atoms with van der Waals surface area (Å²) < 4.78 is 0. The first-order chi connectivity index (χ1) is 7.36. The molecule has 0 saturated heterocycles. The van der Waals surface area contributed by atoms with Crippen molar-refractivity contribution < 1.29 is 9.59 Å². The van der Waals surface area contributed by atoms with Gasteiger partial charge < -0.3 is 0 Å². The lowest BCUT2D eigenvalue weighted by Gasteiger charge is -2.24. The van der Waals surface area contributed by atoms with Crippen LogP contribution in [0.1, 0.15) is 38.5 Å². The van der Waals surface area contributed by atoms with E-state index in [1.54, 1.807) is 12.2 Å². The van der Waals surface area contributed by atoms with Gasteiger partial charge in [0.2, 0.25) is 12.2 Å². The van der Waals surface area contributed by atoms with E-state index in [9.17, 15) is 9.59 Å². The smallest absolute Gasteiger partial charge is 0.211 e. The summed E-state index contributed by atoms with van der Waals surface area (Å²) in [6.07, 6.45) is 9.49. The Morgan fingerprint density at radius 1 is 1.07 bits per heavy atom. The Bertz CT molecular complexity index is 268. The summed E-state index contributed by atoms with van der Waals surface area (Å²) >= 11 is 0. The van der Waals surface area contributed by atoms with E-state index < -0.39 is 0 Å². The molecule has 1 saturated carbocycles. The molecular formula is C11H16N2O2. The Kier molecular flexibility index (Phi) is 5.60. The zero-order chi connectivity index (χ0) is 10.9. The van der Waals surface area contributed by atoms with Crippen molar-refractivity contribution in [3.05, 3.63) is 0 Å². The minimum absolute atomic E-state index is 0.201. The molecule has 0 spiro atoms. The SMILES string of the molecule is O=C=NCCCC1CCC(N=C=O)CC1. The van der Waals surface area contributed by atoms with Crippen molar-refractivity contribution in [3.8, 4) is 0 Å². The largest absolute Gasteiger partial charge is 0.235 e. The zero-order valence-electron chi connectivity index (χ0n) is 8.82. The Balaban J connectivity index is 2.14. The molecule has 1 rings (SSSR count). The number of hydrogen-bond acceptors (Lipinski definition) is 4. The molecule has 1 aliphatic rings. The molecule has 0 N–H and O–H groups in total. The van der Waals surface area contributed by atoms with Crippen molar-refractivity contribution in [1.29, 1.82) is 0 Å². The molecule has 0 aromatic rings. The standard InChI is InChI=1S/C11H16N2O2/c14-8-12-7-1-2-10-3-5-11(6-4-10)13-9-15/h10-11H,1-7H2. The van der Waals surface area contributed by atoms with Gasteiger partial charge in [-0.3, -0.25) is 0 Å². The quantitative estimate of drug-likeness (QED) is 0.394. The van der Waals surface area contributed by atoms with E-state index in [0.717, 1.165) is 38.5 Å². The molecule has 1 fully saturated rings. The molecule has 4 heteroatoms. The highest BCUT2D eigenvalue weighted by atomic mass is 16.1. The zero-order valence-corrected chi connectivity index (χ0v) is 8.82. The first kappa shape index (κ1) is 11.8. The molecule has 0 atom stereocenters. The minimum Gasteiger partial charge on any atom is -0.211 e. The van der Waals surface area contributed by atoms with Crippen LogP contribution < -0.4 is 0 Å². The number of rotatable bonds is 5. The molecule has 4 nitrogen and oxygen atoms in total. The van der Waals surface area contributed by atoms with Crippen LogP contribution >= 0.6 is 0 Å². The van der Waals surface area contributed by atoms with Crippen LogP contribution in [0, 0.1) is 5.92 Å². The summed E-state index contributed by atoms with van der Waals surface area (Å²) in [6.45, 7) is 0.593. The van der Waals surface area contributed by atoms with Crippen molar-refractivity contribution in [2.45, 2.75) is 44.6 Å². The van der Waals surface area contributed by atoms with Gasteiger partial charge in [0, 0.05) is 0 Å². The van der Waals surface area contributed by atoms with Crippen LogP contribution in [0.4, 0.5) is 0 Å². The molecule has 0 aromatic heterocycles. The van der Waals surface area contributed by atoms with Gasteiger partial charge in [0.15, 0.2) is 0 Å². The predicted molar refractivity (Wildman–Crippen MR) is 56.1 cm³/mol. The van der Waals surface area contributed by atoms with Gasteiger partial charge in [0.1, 0.15) is 0 Å². The lowest BCUT2D eigenvalue weighted by molar-refractivity contribution is 0.307. The monoisotopic (exact) mass is 208 g/mol. The van der Waals surface area contributed by atoms with Gasteiger partial charge in [0.05, 0.1) is 12.6 Å². The van der Waals surface area contributed by atoms with Crippen LogP contribution in [0.2, 0.25) is 0 Å². The van der Waals surface area contributed by atoms with Gasteiger partial charge in [-0.1, -0.05) is 0 Å². The number of hydrogen-bond donors (Lipinski definition) is 0. The highest BCUT2D eigenvalue weighted by Crippen LogP contribution is 2.29. The third kappa shape index (κ3) is 4.68. The van der Waals surface area contributed by atoms with Crippen molar-refractivity contribution in [2.24, 2.45) is 15.9 Å². The minimum atomic E-state index is 0.201. The first-order valence-corrected chi connectivity index (χ1v) is 5.47. The Labute approximate surface area is 89.5 Å². The van der Waals surface area contributed by atoms with Crippen molar-refractivity contribution in [2.75, 3.05) is 6.54 Å². The fourth-order valence-corrected chi connectivity index (χ4v) is 2.14. The van der Waals surface area contributed by atoms with Gasteiger partial charge in [-0.25, -0.2) is 19.6 Å². The third-order valence-corrected chi connectivity index (χ3v) is 3.00. The normalized spacial score (nSPS) is 25.1. The number of isocyanates is 2. The molecule has 82 valence electrons. The molecule has 1 aliphatic carbocycles. The van der Waals surface area contributed by atoms with Crippen LogP contribution in [0.25, 0.3) is 0 Å². The number of carbonyl (C=O) groups excluding carboxylic acids is 2. The van der Waals surface area contributed by atoms with E-state index in [1.807, 2.05) is 0 Å². The van der Waals surface area contributed by atoms with Gasteiger partial charge >= 0.3 is 0 Å². The van der Waals surface area contributed by atoms with E-state index in [1.165, 1.54) is 0 Å². The summed E-state index contributed by atoms with van der Waals surface area (Å²) in [5.41, 5.74) is 0. The second-order valence-corrected chi connectivity index (χ2v) is 4.01. The highest BCUT2D eigenvalue weighted by molar-refractivity contribution is 5.33. The van der Waals surface area contributed by atoms with Crippen LogP contribution in [-0.4, -0.2) is 24.7 Å².